The molecule has 0 radical (unpaired) electrons. The average molecular weight is 306 g/mol. The van der Waals surface area contributed by atoms with Crippen LogP contribution in [0.5, 0.6) is 5.75 Å². The highest BCUT2D eigenvalue weighted by atomic mass is 16.6. The van der Waals surface area contributed by atoms with Crippen molar-refractivity contribution >= 4 is 17.3 Å². The van der Waals surface area contributed by atoms with Gasteiger partial charge in [0.15, 0.2) is 0 Å². The van der Waals surface area contributed by atoms with E-state index in [9.17, 15) is 15.4 Å². The minimum atomic E-state index is -0.469. The molecule has 0 amide bonds. The summed E-state index contributed by atoms with van der Waals surface area (Å²) in [5.74, 6) is 0.779. The van der Waals surface area contributed by atoms with Gasteiger partial charge in [-0.25, -0.2) is 0 Å². The number of allylic oxidation sites excluding steroid dienone is 3. The molecule has 0 bridgehead atoms. The molecule has 0 aliphatic carbocycles. The van der Waals surface area contributed by atoms with Gasteiger partial charge in [0.05, 0.1) is 23.7 Å². The Bertz CT molecular complexity index is 783. The van der Waals surface area contributed by atoms with Gasteiger partial charge in [0.25, 0.3) is 5.69 Å². The van der Waals surface area contributed by atoms with Gasteiger partial charge in [-0.1, -0.05) is 24.3 Å². The molecule has 0 atom stereocenters. The van der Waals surface area contributed by atoms with Crippen molar-refractivity contribution in [1.29, 1.82) is 5.26 Å². The third-order valence-electron chi connectivity index (χ3n) is 3.18. The maximum Gasteiger partial charge on any atom is 0.269 e. The van der Waals surface area contributed by atoms with Gasteiger partial charge in [0, 0.05) is 12.1 Å². The Morgan fingerprint density at radius 2 is 1.83 bits per heavy atom. The van der Waals surface area contributed by atoms with Crippen molar-refractivity contribution in [3.63, 3.8) is 0 Å². The molecule has 5 nitrogen and oxygen atoms in total. The number of non-ortho nitro benzene ring substituents is 1. The van der Waals surface area contributed by atoms with Gasteiger partial charge < -0.3 is 4.74 Å². The summed E-state index contributed by atoms with van der Waals surface area (Å²) >= 11 is 0. The fraction of sp³-hybridized carbons (Fsp3) is 0.0556. The van der Waals surface area contributed by atoms with Crippen LogP contribution >= 0.6 is 0 Å². The lowest BCUT2D eigenvalue weighted by atomic mass is 10.1. The van der Waals surface area contributed by atoms with E-state index < -0.39 is 4.92 Å². The molecule has 5 heteroatoms. The van der Waals surface area contributed by atoms with Crippen molar-refractivity contribution in [3.05, 3.63) is 81.9 Å². The number of nitriles is 1. The predicted octanol–water partition coefficient (Wildman–Crippen LogP) is 4.22. The van der Waals surface area contributed by atoms with Crippen LogP contribution in [0.25, 0.3) is 11.6 Å². The molecule has 0 fully saturated rings. The Morgan fingerprint density at radius 1 is 1.17 bits per heavy atom. The van der Waals surface area contributed by atoms with Crippen LogP contribution in [-0.4, -0.2) is 12.0 Å². The molecule has 2 aromatic rings. The molecule has 0 heterocycles. The number of rotatable bonds is 5. The fourth-order valence-corrected chi connectivity index (χ4v) is 1.93. The fourth-order valence-electron chi connectivity index (χ4n) is 1.93. The molecule has 114 valence electrons. The Kier molecular flexibility index (Phi) is 5.26. The Balaban J connectivity index is 2.16. The van der Waals surface area contributed by atoms with Crippen LogP contribution in [0.3, 0.4) is 0 Å². The summed E-state index contributed by atoms with van der Waals surface area (Å²) in [6.07, 6.45) is 5.30. The molecular weight excluding hydrogens is 292 g/mol. The minimum absolute atomic E-state index is 0.000172. The van der Waals surface area contributed by atoms with Gasteiger partial charge in [-0.15, -0.1) is 0 Å². The van der Waals surface area contributed by atoms with Crippen molar-refractivity contribution in [3.8, 4) is 11.8 Å². The third-order valence-corrected chi connectivity index (χ3v) is 3.18. The van der Waals surface area contributed by atoms with Gasteiger partial charge in [-0.3, -0.25) is 10.1 Å². The van der Waals surface area contributed by atoms with Gasteiger partial charge in [0.1, 0.15) is 5.75 Å². The Morgan fingerprint density at radius 3 is 2.35 bits per heavy atom. The first kappa shape index (κ1) is 16.0. The molecule has 0 N–H and O–H groups in total. The number of hydrogen-bond donors (Lipinski definition) is 0. The van der Waals surface area contributed by atoms with E-state index in [2.05, 4.69) is 6.07 Å². The average Bonchev–Trinajstić information content (AvgIpc) is 2.59. The van der Waals surface area contributed by atoms with Gasteiger partial charge in [0.2, 0.25) is 0 Å². The number of nitrogens with zero attached hydrogens (tertiary/aromatic N) is 2. The summed E-state index contributed by atoms with van der Waals surface area (Å²) < 4.78 is 5.09. The molecular formula is C18H14N2O3. The lowest BCUT2D eigenvalue weighted by molar-refractivity contribution is -0.384. The number of ether oxygens (including phenoxy) is 1. The summed E-state index contributed by atoms with van der Waals surface area (Å²) in [5, 5.41) is 19.9. The van der Waals surface area contributed by atoms with Gasteiger partial charge >= 0.3 is 0 Å². The van der Waals surface area contributed by atoms with E-state index in [1.165, 1.54) is 12.1 Å². The minimum Gasteiger partial charge on any atom is -0.497 e. The van der Waals surface area contributed by atoms with Crippen LogP contribution in [0.4, 0.5) is 5.69 Å². The second-order valence-electron chi connectivity index (χ2n) is 4.63. The quantitative estimate of drug-likeness (QED) is 0.358. The molecule has 0 aromatic heterocycles. The lowest BCUT2D eigenvalue weighted by Crippen LogP contribution is -1.88. The first-order valence-corrected chi connectivity index (χ1v) is 6.81. The van der Waals surface area contributed by atoms with Crippen molar-refractivity contribution in [1.82, 2.24) is 0 Å². The highest BCUT2D eigenvalue weighted by molar-refractivity contribution is 5.79. The number of nitro benzene ring substituents is 1. The highest BCUT2D eigenvalue weighted by Crippen LogP contribution is 2.19. The topological polar surface area (TPSA) is 76.2 Å². The molecule has 23 heavy (non-hydrogen) atoms. The SMILES string of the molecule is COc1ccc(/C=C/C=C(/C#N)c2ccc([N+](=O)[O-])cc2)cc1. The molecule has 2 rings (SSSR count). The molecule has 0 saturated carbocycles. The van der Waals surface area contributed by atoms with Crippen LogP contribution in [0, 0.1) is 21.4 Å². The zero-order chi connectivity index (χ0) is 16.7. The first-order chi connectivity index (χ1) is 11.1. The van der Waals surface area contributed by atoms with E-state index in [1.807, 2.05) is 30.3 Å². The van der Waals surface area contributed by atoms with E-state index in [0.717, 1.165) is 11.3 Å². The van der Waals surface area contributed by atoms with Crippen LogP contribution in [0.2, 0.25) is 0 Å². The second kappa shape index (κ2) is 7.57. The molecule has 0 aliphatic heterocycles. The smallest absolute Gasteiger partial charge is 0.269 e. The number of hydrogen-bond acceptors (Lipinski definition) is 4. The number of nitro groups is 1. The summed E-state index contributed by atoms with van der Waals surface area (Å²) in [4.78, 5) is 10.2. The molecule has 0 aliphatic rings. The van der Waals surface area contributed by atoms with Crippen molar-refractivity contribution < 1.29 is 9.66 Å². The molecule has 0 saturated heterocycles. The lowest BCUT2D eigenvalue weighted by Gasteiger charge is -1.99. The van der Waals surface area contributed by atoms with E-state index in [1.54, 1.807) is 31.4 Å². The number of methoxy groups -OCH3 is 1. The monoisotopic (exact) mass is 306 g/mol. The maximum absolute atomic E-state index is 10.6. The summed E-state index contributed by atoms with van der Waals surface area (Å²) in [5.41, 5.74) is 2.05. The predicted molar refractivity (Wildman–Crippen MR) is 88.7 cm³/mol. The number of benzene rings is 2. The van der Waals surface area contributed by atoms with E-state index >= 15 is 0 Å². The molecule has 0 unspecified atom stereocenters. The van der Waals surface area contributed by atoms with Crippen molar-refractivity contribution in [2.45, 2.75) is 0 Å². The van der Waals surface area contributed by atoms with Gasteiger partial charge in [-0.05, 0) is 41.5 Å². The summed E-state index contributed by atoms with van der Waals surface area (Å²) in [6.45, 7) is 0. The Hall–Kier alpha value is -3.39. The maximum atomic E-state index is 10.6. The zero-order valence-corrected chi connectivity index (χ0v) is 12.5. The van der Waals surface area contributed by atoms with Crippen molar-refractivity contribution in [2.24, 2.45) is 0 Å². The van der Waals surface area contributed by atoms with Crippen molar-refractivity contribution in [2.75, 3.05) is 7.11 Å². The summed E-state index contributed by atoms with van der Waals surface area (Å²) in [7, 11) is 1.61. The highest BCUT2D eigenvalue weighted by Gasteiger charge is 2.05. The summed E-state index contributed by atoms with van der Waals surface area (Å²) in [6, 6.07) is 15.5. The largest absolute Gasteiger partial charge is 0.497 e. The zero-order valence-electron chi connectivity index (χ0n) is 12.5. The van der Waals surface area contributed by atoms with Gasteiger partial charge in [-0.2, -0.15) is 5.26 Å². The molecule has 0 spiro atoms. The Labute approximate surface area is 133 Å². The standard InChI is InChI=1S/C18H14N2O3/c1-23-18-11-5-14(6-12-18)3-2-4-16(13-19)15-7-9-17(10-8-15)20(21)22/h2-12H,1H3/b3-2+,16-4-. The first-order valence-electron chi connectivity index (χ1n) is 6.81. The van der Waals surface area contributed by atoms with Crippen LogP contribution in [-0.2, 0) is 0 Å². The second-order valence-corrected chi connectivity index (χ2v) is 4.63. The van der Waals surface area contributed by atoms with Crippen LogP contribution in [0.15, 0.2) is 60.7 Å². The molecule has 2 aromatic carbocycles. The third kappa shape index (κ3) is 4.29. The normalized spacial score (nSPS) is 11.2. The van der Waals surface area contributed by atoms with E-state index in [4.69, 9.17) is 4.74 Å². The van der Waals surface area contributed by atoms with E-state index in [0.29, 0.717) is 11.1 Å². The van der Waals surface area contributed by atoms with E-state index in [-0.39, 0.29) is 5.69 Å². The van der Waals surface area contributed by atoms with Crippen LogP contribution < -0.4 is 4.74 Å². The van der Waals surface area contributed by atoms with Crippen LogP contribution in [0.1, 0.15) is 11.1 Å².